The maximum atomic E-state index is 11.4. The Hall–Kier alpha value is -1.53. The molecule has 0 fully saturated rings. The molecule has 0 saturated heterocycles. The maximum Gasteiger partial charge on any atom is 0.208 e. The van der Waals surface area contributed by atoms with Gasteiger partial charge in [-0.15, -0.1) is 0 Å². The van der Waals surface area contributed by atoms with Crippen molar-refractivity contribution in [2.24, 2.45) is 0 Å². The number of nitrogens with one attached hydrogen (secondary N) is 3. The van der Waals surface area contributed by atoms with Gasteiger partial charge < -0.3 is 20.5 Å². The SMILES string of the molecule is N=C1C2=C(C3=C1C=C[NH+]3[O-])[NH+]([O-])C=C2. The van der Waals surface area contributed by atoms with Crippen LogP contribution >= 0.6 is 0 Å². The molecule has 0 radical (unpaired) electrons. The van der Waals surface area contributed by atoms with Gasteiger partial charge in [0.25, 0.3) is 0 Å². The zero-order valence-corrected chi connectivity index (χ0v) is 7.13. The van der Waals surface area contributed by atoms with E-state index >= 15 is 0 Å². The monoisotopic (exact) mass is 189 g/mol. The van der Waals surface area contributed by atoms with Crippen molar-refractivity contribution in [2.45, 2.75) is 0 Å². The molecule has 2 heterocycles. The number of fused-ring (bicyclic) bond motifs is 1. The molecule has 0 amide bonds. The molecule has 2 aliphatic heterocycles. The third-order valence-corrected chi connectivity index (χ3v) is 2.62. The topological polar surface area (TPSA) is 78.8 Å². The summed E-state index contributed by atoms with van der Waals surface area (Å²) in [5, 5.41) is 30.3. The molecular weight excluding hydrogens is 182 g/mol. The van der Waals surface area contributed by atoms with Gasteiger partial charge >= 0.3 is 0 Å². The molecule has 3 N–H and O–H groups in total. The lowest BCUT2D eigenvalue weighted by atomic mass is 10.1. The average molecular weight is 189 g/mol. The Morgan fingerprint density at radius 3 is 1.79 bits per heavy atom. The number of hydrogen-bond donors (Lipinski definition) is 3. The van der Waals surface area contributed by atoms with Crippen molar-refractivity contribution in [2.75, 3.05) is 0 Å². The van der Waals surface area contributed by atoms with Gasteiger partial charge in [0.2, 0.25) is 11.4 Å². The zero-order valence-electron chi connectivity index (χ0n) is 7.13. The van der Waals surface area contributed by atoms with Gasteiger partial charge in [0, 0.05) is 12.2 Å². The van der Waals surface area contributed by atoms with Crippen LogP contribution in [0.25, 0.3) is 0 Å². The van der Waals surface area contributed by atoms with Crippen molar-refractivity contribution in [3.05, 3.63) is 57.5 Å². The van der Waals surface area contributed by atoms with Gasteiger partial charge in [0.15, 0.2) is 0 Å². The molecule has 0 saturated carbocycles. The van der Waals surface area contributed by atoms with E-state index in [0.717, 1.165) is 0 Å². The molecule has 3 rings (SSSR count). The highest BCUT2D eigenvalue weighted by Crippen LogP contribution is 2.28. The van der Waals surface area contributed by atoms with Gasteiger partial charge in [0.05, 0.1) is 16.9 Å². The molecule has 3 aliphatic rings. The fourth-order valence-corrected chi connectivity index (χ4v) is 1.99. The molecule has 5 nitrogen and oxygen atoms in total. The molecule has 0 aromatic heterocycles. The lowest BCUT2D eigenvalue weighted by molar-refractivity contribution is -0.790. The quantitative estimate of drug-likeness (QED) is 0.399. The molecule has 0 spiro atoms. The van der Waals surface area contributed by atoms with E-state index in [4.69, 9.17) is 5.41 Å². The van der Waals surface area contributed by atoms with Gasteiger partial charge in [-0.1, -0.05) is 0 Å². The van der Waals surface area contributed by atoms with Crippen LogP contribution in [0, 0.1) is 15.8 Å². The molecular formula is C9H7N3O2. The van der Waals surface area contributed by atoms with E-state index in [1.807, 2.05) is 0 Å². The molecule has 5 heteroatoms. The van der Waals surface area contributed by atoms with Crippen LogP contribution in [0.2, 0.25) is 0 Å². The Bertz CT molecular complexity index is 428. The van der Waals surface area contributed by atoms with Crippen LogP contribution in [0.15, 0.2) is 47.1 Å². The van der Waals surface area contributed by atoms with Crippen LogP contribution in [0.5, 0.6) is 0 Å². The van der Waals surface area contributed by atoms with E-state index in [0.29, 0.717) is 28.3 Å². The molecule has 2 atom stereocenters. The van der Waals surface area contributed by atoms with Crippen molar-refractivity contribution in [3.8, 4) is 0 Å². The fraction of sp³-hybridized carbons (Fsp3) is 0. The van der Waals surface area contributed by atoms with Crippen LogP contribution in [-0.4, -0.2) is 5.71 Å². The van der Waals surface area contributed by atoms with E-state index in [2.05, 4.69) is 0 Å². The number of hydroxylamine groups is 4. The minimum atomic E-state index is -0.160. The van der Waals surface area contributed by atoms with E-state index in [9.17, 15) is 10.4 Å². The van der Waals surface area contributed by atoms with Crippen molar-refractivity contribution < 1.29 is 10.1 Å². The van der Waals surface area contributed by atoms with Gasteiger partial charge in [-0.2, -0.15) is 0 Å². The molecule has 14 heavy (non-hydrogen) atoms. The van der Waals surface area contributed by atoms with Crippen LogP contribution in [0.3, 0.4) is 0 Å². The Balaban J connectivity index is 2.20. The van der Waals surface area contributed by atoms with E-state index in [-0.39, 0.29) is 10.1 Å². The first-order valence-electron chi connectivity index (χ1n) is 4.23. The van der Waals surface area contributed by atoms with Gasteiger partial charge in [0.1, 0.15) is 12.4 Å². The summed E-state index contributed by atoms with van der Waals surface area (Å²) in [7, 11) is 0. The lowest BCUT2D eigenvalue weighted by Crippen LogP contribution is -3.07. The summed E-state index contributed by atoms with van der Waals surface area (Å²) in [6, 6.07) is 0. The summed E-state index contributed by atoms with van der Waals surface area (Å²) in [6.45, 7) is 0. The molecule has 0 aromatic rings. The standard InChI is InChI=1S/C9H7N3O2/c10-7-5-1-3-11(13)8(5)9-6(7)2-4-12(9)14/h1-4,10-12H. The molecule has 2 unspecified atom stereocenters. The third kappa shape index (κ3) is 0.706. The first-order valence-corrected chi connectivity index (χ1v) is 4.23. The number of quaternary nitrogens is 2. The Kier molecular flexibility index (Phi) is 1.28. The van der Waals surface area contributed by atoms with E-state index < -0.39 is 0 Å². The normalized spacial score (nSPS) is 33.4. The van der Waals surface area contributed by atoms with Gasteiger partial charge in [-0.05, 0) is 0 Å². The molecule has 0 aromatic carbocycles. The first-order chi connectivity index (χ1) is 6.70. The Morgan fingerprint density at radius 1 is 0.929 bits per heavy atom. The maximum absolute atomic E-state index is 11.4. The third-order valence-electron chi connectivity index (χ3n) is 2.62. The predicted octanol–water partition coefficient (Wildman–Crippen LogP) is -1.65. The highest BCUT2D eigenvalue weighted by Gasteiger charge is 2.41. The van der Waals surface area contributed by atoms with Gasteiger partial charge in [-0.25, -0.2) is 0 Å². The van der Waals surface area contributed by atoms with Crippen LogP contribution in [-0.2, 0) is 0 Å². The minimum absolute atomic E-state index is 0.160. The smallest absolute Gasteiger partial charge is 0.208 e. The number of hydrogen-bond acceptors (Lipinski definition) is 3. The highest BCUT2D eigenvalue weighted by molar-refractivity contribution is 6.18. The summed E-state index contributed by atoms with van der Waals surface area (Å²) in [5.41, 5.74) is 2.31. The Labute approximate surface area is 79.6 Å². The second-order valence-electron chi connectivity index (χ2n) is 3.35. The zero-order chi connectivity index (χ0) is 9.87. The predicted molar refractivity (Wildman–Crippen MR) is 48.7 cm³/mol. The minimum Gasteiger partial charge on any atom is -0.624 e. The van der Waals surface area contributed by atoms with Crippen LogP contribution in [0.1, 0.15) is 0 Å². The Morgan fingerprint density at radius 2 is 1.36 bits per heavy atom. The van der Waals surface area contributed by atoms with Gasteiger partial charge in [-0.3, -0.25) is 5.41 Å². The molecule has 0 bridgehead atoms. The summed E-state index contributed by atoms with van der Waals surface area (Å²) in [6.07, 6.45) is 6.04. The number of rotatable bonds is 0. The van der Waals surface area contributed by atoms with E-state index in [1.165, 1.54) is 12.4 Å². The summed E-state index contributed by atoms with van der Waals surface area (Å²) < 4.78 is 0. The average Bonchev–Trinajstić information content (AvgIpc) is 2.75. The summed E-state index contributed by atoms with van der Waals surface area (Å²) in [5.74, 6) is 0. The molecule has 70 valence electrons. The number of allylic oxidation sites excluding steroid dienone is 4. The first kappa shape index (κ1) is 7.84. The van der Waals surface area contributed by atoms with E-state index in [1.54, 1.807) is 12.2 Å². The summed E-state index contributed by atoms with van der Waals surface area (Å²) >= 11 is 0. The second kappa shape index (κ2) is 2.28. The molecule has 1 aliphatic carbocycles. The van der Waals surface area contributed by atoms with Crippen molar-refractivity contribution >= 4 is 5.71 Å². The fourth-order valence-electron chi connectivity index (χ4n) is 1.99. The summed E-state index contributed by atoms with van der Waals surface area (Å²) in [4.78, 5) is 0. The largest absolute Gasteiger partial charge is 0.624 e. The second-order valence-corrected chi connectivity index (χ2v) is 3.35. The van der Waals surface area contributed by atoms with Crippen molar-refractivity contribution in [3.63, 3.8) is 0 Å². The van der Waals surface area contributed by atoms with Crippen molar-refractivity contribution in [1.29, 1.82) is 5.41 Å². The van der Waals surface area contributed by atoms with Crippen LogP contribution < -0.4 is 10.1 Å². The lowest BCUT2D eigenvalue weighted by Gasteiger charge is -2.21. The highest BCUT2D eigenvalue weighted by atomic mass is 16.5. The van der Waals surface area contributed by atoms with Crippen molar-refractivity contribution in [1.82, 2.24) is 0 Å². The van der Waals surface area contributed by atoms with Crippen LogP contribution in [0.4, 0.5) is 0 Å².